The molecule has 1 aromatic rings. The summed E-state index contributed by atoms with van der Waals surface area (Å²) in [6.07, 6.45) is -0.581. The van der Waals surface area contributed by atoms with Crippen molar-refractivity contribution >= 4 is 17.4 Å². The first-order chi connectivity index (χ1) is 14.2. The Balaban J connectivity index is 1.61. The second-order valence-corrected chi connectivity index (χ2v) is 7.45. The molecule has 3 rings (SSSR count). The van der Waals surface area contributed by atoms with Gasteiger partial charge in [0.15, 0.2) is 0 Å². The maximum absolute atomic E-state index is 12.6. The number of hydrogen-bond donors (Lipinski definition) is 3. The Morgan fingerprint density at radius 1 is 1.33 bits per heavy atom. The number of halogens is 3. The van der Waals surface area contributed by atoms with Crippen LogP contribution >= 0.6 is 0 Å². The highest BCUT2D eigenvalue weighted by molar-refractivity contribution is 6.03. The van der Waals surface area contributed by atoms with Crippen molar-refractivity contribution in [1.29, 1.82) is 0 Å². The number of hydrogen-bond acceptors (Lipinski definition) is 4. The zero-order chi connectivity index (χ0) is 21.9. The standard InChI is InChI=1S/C21H24F3N3O3/c1-13-10-15(18(29)12-28)11-25-19(13)14-6-8-27(9-7-14)20(30)26-17-4-2-16(3-5-17)21(22,23)24/h2-6,11,13,18,28-29H,7-10,12H2,1H3,(H,26,30)/t13?,18-/m1/s1. The molecule has 0 aliphatic carbocycles. The van der Waals surface area contributed by atoms with E-state index in [0.29, 0.717) is 37.2 Å². The fourth-order valence-electron chi connectivity index (χ4n) is 3.55. The quantitative estimate of drug-likeness (QED) is 0.692. The molecule has 30 heavy (non-hydrogen) atoms. The molecular weight excluding hydrogens is 399 g/mol. The molecule has 2 amide bonds. The van der Waals surface area contributed by atoms with Crippen molar-refractivity contribution in [2.45, 2.75) is 32.0 Å². The Labute approximate surface area is 172 Å². The van der Waals surface area contributed by atoms with Gasteiger partial charge in [-0.15, -0.1) is 0 Å². The summed E-state index contributed by atoms with van der Waals surface area (Å²) in [5.41, 5.74) is 2.18. The third-order valence-electron chi connectivity index (χ3n) is 5.27. The number of rotatable bonds is 4. The van der Waals surface area contributed by atoms with Crippen molar-refractivity contribution in [3.8, 4) is 0 Å². The Morgan fingerprint density at radius 2 is 2.03 bits per heavy atom. The fourth-order valence-corrected chi connectivity index (χ4v) is 3.55. The van der Waals surface area contributed by atoms with Gasteiger partial charge in [0.05, 0.1) is 18.3 Å². The van der Waals surface area contributed by atoms with Crippen molar-refractivity contribution in [2.75, 3.05) is 25.0 Å². The Morgan fingerprint density at radius 3 is 2.57 bits per heavy atom. The number of nitrogens with zero attached hydrogens (tertiary/aromatic N) is 2. The van der Waals surface area contributed by atoms with Crippen LogP contribution in [0.2, 0.25) is 0 Å². The third-order valence-corrected chi connectivity index (χ3v) is 5.27. The van der Waals surface area contributed by atoms with E-state index in [-0.39, 0.29) is 18.6 Å². The van der Waals surface area contributed by atoms with Gasteiger partial charge in [0.2, 0.25) is 0 Å². The molecule has 6 nitrogen and oxygen atoms in total. The largest absolute Gasteiger partial charge is 0.416 e. The van der Waals surface area contributed by atoms with E-state index in [2.05, 4.69) is 10.3 Å². The number of aliphatic hydroxyl groups is 2. The van der Waals surface area contributed by atoms with E-state index in [9.17, 15) is 23.1 Å². The van der Waals surface area contributed by atoms with Gasteiger partial charge in [0.25, 0.3) is 0 Å². The van der Waals surface area contributed by atoms with Crippen molar-refractivity contribution < 1.29 is 28.2 Å². The SMILES string of the molecule is CC1CC([C@H](O)CO)=CN=C1C1=CCN(C(=O)Nc2ccc(C(F)(F)F)cc2)CC1. The van der Waals surface area contributed by atoms with E-state index < -0.39 is 17.8 Å². The van der Waals surface area contributed by atoms with Crippen LogP contribution in [0.15, 0.2) is 52.7 Å². The van der Waals surface area contributed by atoms with E-state index in [1.165, 1.54) is 12.1 Å². The Kier molecular flexibility index (Phi) is 6.62. The van der Waals surface area contributed by atoms with Gasteiger partial charge in [0.1, 0.15) is 0 Å². The van der Waals surface area contributed by atoms with Crippen LogP contribution in [0.5, 0.6) is 0 Å². The van der Waals surface area contributed by atoms with E-state index in [1.54, 1.807) is 11.1 Å². The van der Waals surface area contributed by atoms with Gasteiger partial charge in [-0.05, 0) is 48.3 Å². The number of urea groups is 1. The molecule has 2 aliphatic heterocycles. The minimum absolute atomic E-state index is 0.0879. The minimum Gasteiger partial charge on any atom is -0.393 e. The average Bonchev–Trinajstić information content (AvgIpc) is 2.73. The van der Waals surface area contributed by atoms with Crippen LogP contribution in [0.4, 0.5) is 23.7 Å². The summed E-state index contributed by atoms with van der Waals surface area (Å²) in [5, 5.41) is 21.5. The van der Waals surface area contributed by atoms with Crippen molar-refractivity contribution in [3.05, 3.63) is 53.3 Å². The highest BCUT2D eigenvalue weighted by Gasteiger charge is 2.30. The van der Waals surface area contributed by atoms with Gasteiger partial charge in [-0.1, -0.05) is 13.0 Å². The number of nitrogens with one attached hydrogen (secondary N) is 1. The highest BCUT2D eigenvalue weighted by atomic mass is 19.4. The van der Waals surface area contributed by atoms with Crippen LogP contribution in [0.1, 0.15) is 25.3 Å². The lowest BCUT2D eigenvalue weighted by molar-refractivity contribution is -0.137. The van der Waals surface area contributed by atoms with Crippen molar-refractivity contribution in [2.24, 2.45) is 10.9 Å². The molecule has 0 spiro atoms. The van der Waals surface area contributed by atoms with Gasteiger partial charge < -0.3 is 20.4 Å². The smallest absolute Gasteiger partial charge is 0.393 e. The predicted molar refractivity (Wildman–Crippen MR) is 107 cm³/mol. The summed E-state index contributed by atoms with van der Waals surface area (Å²) >= 11 is 0. The first-order valence-electron chi connectivity index (χ1n) is 9.67. The number of alkyl halides is 3. The normalized spacial score (nSPS) is 20.8. The molecular formula is C21H24F3N3O3. The number of carbonyl (C=O) groups is 1. The average molecular weight is 423 g/mol. The molecule has 0 aromatic heterocycles. The minimum atomic E-state index is -4.41. The second kappa shape index (κ2) is 9.01. The summed E-state index contributed by atoms with van der Waals surface area (Å²) in [5.74, 6) is 0.0879. The number of benzene rings is 1. The molecule has 1 aromatic carbocycles. The number of carbonyl (C=O) groups excluding carboxylic acids is 1. The molecule has 0 radical (unpaired) electrons. The van der Waals surface area contributed by atoms with Crippen LogP contribution in [-0.4, -0.2) is 52.7 Å². The molecule has 0 fully saturated rings. The van der Waals surface area contributed by atoms with E-state index in [1.807, 2.05) is 13.0 Å². The van der Waals surface area contributed by atoms with E-state index >= 15 is 0 Å². The number of aliphatic hydroxyl groups excluding tert-OH is 2. The summed E-state index contributed by atoms with van der Waals surface area (Å²) in [4.78, 5) is 18.4. The van der Waals surface area contributed by atoms with Crippen molar-refractivity contribution in [3.63, 3.8) is 0 Å². The third kappa shape index (κ3) is 5.09. The van der Waals surface area contributed by atoms with Crippen LogP contribution in [0, 0.1) is 5.92 Å². The number of anilines is 1. The molecule has 0 saturated heterocycles. The zero-order valence-electron chi connectivity index (χ0n) is 16.5. The fraction of sp³-hybridized carbons (Fsp3) is 0.429. The van der Waals surface area contributed by atoms with Gasteiger partial charge in [-0.25, -0.2) is 4.79 Å². The monoisotopic (exact) mass is 423 g/mol. The van der Waals surface area contributed by atoms with E-state index in [4.69, 9.17) is 5.11 Å². The van der Waals surface area contributed by atoms with E-state index in [0.717, 1.165) is 23.4 Å². The Bertz CT molecular complexity index is 876. The van der Waals surface area contributed by atoms with Gasteiger partial charge in [-0.3, -0.25) is 4.99 Å². The van der Waals surface area contributed by atoms with Gasteiger partial charge in [-0.2, -0.15) is 13.2 Å². The molecule has 9 heteroatoms. The molecule has 2 atom stereocenters. The molecule has 162 valence electrons. The van der Waals surface area contributed by atoms with Crippen molar-refractivity contribution in [1.82, 2.24) is 4.90 Å². The lowest BCUT2D eigenvalue weighted by Gasteiger charge is -2.30. The van der Waals surface area contributed by atoms with Crippen LogP contribution in [-0.2, 0) is 6.18 Å². The first kappa shape index (κ1) is 22.0. The molecule has 2 aliphatic rings. The lowest BCUT2D eigenvalue weighted by Crippen LogP contribution is -2.39. The molecule has 1 unspecified atom stereocenters. The highest BCUT2D eigenvalue weighted by Crippen LogP contribution is 2.30. The summed E-state index contributed by atoms with van der Waals surface area (Å²) in [6.45, 7) is 2.48. The summed E-state index contributed by atoms with van der Waals surface area (Å²) in [7, 11) is 0. The zero-order valence-corrected chi connectivity index (χ0v) is 16.5. The van der Waals surface area contributed by atoms with Crippen LogP contribution in [0.3, 0.4) is 0 Å². The summed E-state index contributed by atoms with van der Waals surface area (Å²) < 4.78 is 37.9. The molecule has 0 saturated carbocycles. The maximum Gasteiger partial charge on any atom is 0.416 e. The number of amides is 2. The molecule has 2 heterocycles. The maximum atomic E-state index is 12.6. The van der Waals surface area contributed by atoms with Crippen LogP contribution in [0.25, 0.3) is 0 Å². The first-order valence-corrected chi connectivity index (χ1v) is 9.67. The van der Waals surface area contributed by atoms with Gasteiger partial charge >= 0.3 is 12.2 Å². The Hall–Kier alpha value is -2.65. The van der Waals surface area contributed by atoms with Gasteiger partial charge in [0, 0.05) is 36.6 Å². The van der Waals surface area contributed by atoms with Crippen LogP contribution < -0.4 is 5.32 Å². The number of aliphatic imine (C=N–C) groups is 1. The predicted octanol–water partition coefficient (Wildman–Crippen LogP) is 3.59. The second-order valence-electron chi connectivity index (χ2n) is 7.45. The molecule has 3 N–H and O–H groups in total. The lowest BCUT2D eigenvalue weighted by atomic mass is 9.86. The topological polar surface area (TPSA) is 85.2 Å². The summed E-state index contributed by atoms with van der Waals surface area (Å²) in [6, 6.07) is 3.95. The molecule has 0 bridgehead atoms.